The summed E-state index contributed by atoms with van der Waals surface area (Å²) in [6.07, 6.45) is 0. The molecule has 0 unspecified atom stereocenters. The van der Waals surface area contributed by atoms with Gasteiger partial charge in [-0.05, 0) is 35.4 Å². The van der Waals surface area contributed by atoms with Crippen molar-refractivity contribution in [1.82, 2.24) is 0 Å². The van der Waals surface area contributed by atoms with E-state index in [2.05, 4.69) is 15.9 Å². The minimum atomic E-state index is -0.249. The van der Waals surface area contributed by atoms with E-state index in [1.807, 2.05) is 24.3 Å². The Kier molecular flexibility index (Phi) is 3.36. The van der Waals surface area contributed by atoms with Crippen LogP contribution in [-0.2, 0) is 6.54 Å². The second-order valence-corrected chi connectivity index (χ2v) is 4.44. The third kappa shape index (κ3) is 2.31. The quantitative estimate of drug-likeness (QED) is 0.891. The van der Waals surface area contributed by atoms with E-state index in [1.165, 1.54) is 6.07 Å². The van der Waals surface area contributed by atoms with Crippen LogP contribution in [0.4, 0.5) is 4.39 Å². The molecule has 0 spiro atoms. The second-order valence-electron chi connectivity index (χ2n) is 3.52. The highest BCUT2D eigenvalue weighted by Crippen LogP contribution is 2.24. The van der Waals surface area contributed by atoms with Gasteiger partial charge in [0.15, 0.2) is 0 Å². The SMILES string of the molecule is NCc1cc(-c2cccc(Br)c2)ccc1F. The summed E-state index contributed by atoms with van der Waals surface area (Å²) in [5.41, 5.74) is 8.04. The smallest absolute Gasteiger partial charge is 0.127 e. The van der Waals surface area contributed by atoms with Crippen LogP contribution in [0.25, 0.3) is 11.1 Å². The maximum absolute atomic E-state index is 13.3. The molecule has 0 heterocycles. The van der Waals surface area contributed by atoms with Crippen molar-refractivity contribution in [2.45, 2.75) is 6.54 Å². The van der Waals surface area contributed by atoms with Crippen molar-refractivity contribution in [3.63, 3.8) is 0 Å². The summed E-state index contributed by atoms with van der Waals surface area (Å²) in [6, 6.07) is 12.9. The predicted octanol–water partition coefficient (Wildman–Crippen LogP) is 3.71. The van der Waals surface area contributed by atoms with E-state index < -0.39 is 0 Å². The zero-order valence-corrected chi connectivity index (χ0v) is 10.2. The first kappa shape index (κ1) is 11.3. The highest BCUT2D eigenvalue weighted by molar-refractivity contribution is 9.10. The molecule has 0 radical (unpaired) electrons. The fourth-order valence-corrected chi connectivity index (χ4v) is 1.98. The van der Waals surface area contributed by atoms with Gasteiger partial charge < -0.3 is 5.73 Å². The van der Waals surface area contributed by atoms with Gasteiger partial charge in [0.2, 0.25) is 0 Å². The van der Waals surface area contributed by atoms with Crippen molar-refractivity contribution in [2.75, 3.05) is 0 Å². The molecule has 0 fully saturated rings. The van der Waals surface area contributed by atoms with Crippen molar-refractivity contribution in [2.24, 2.45) is 5.73 Å². The number of benzene rings is 2. The number of nitrogens with two attached hydrogens (primary N) is 1. The van der Waals surface area contributed by atoms with Gasteiger partial charge >= 0.3 is 0 Å². The largest absolute Gasteiger partial charge is 0.326 e. The molecule has 0 amide bonds. The molecule has 0 saturated heterocycles. The molecule has 0 aliphatic rings. The van der Waals surface area contributed by atoms with Gasteiger partial charge in [-0.25, -0.2) is 4.39 Å². The fraction of sp³-hybridized carbons (Fsp3) is 0.0769. The highest BCUT2D eigenvalue weighted by atomic mass is 79.9. The molecule has 2 aromatic carbocycles. The fourth-order valence-electron chi connectivity index (χ4n) is 1.58. The van der Waals surface area contributed by atoms with E-state index in [-0.39, 0.29) is 12.4 Å². The molecule has 0 saturated carbocycles. The lowest BCUT2D eigenvalue weighted by Crippen LogP contribution is -1.99. The summed E-state index contributed by atoms with van der Waals surface area (Å²) in [5.74, 6) is -0.249. The molecule has 0 aromatic heterocycles. The van der Waals surface area contributed by atoms with E-state index in [1.54, 1.807) is 12.1 Å². The minimum Gasteiger partial charge on any atom is -0.326 e. The Balaban J connectivity index is 2.48. The number of hydrogen-bond donors (Lipinski definition) is 1. The van der Waals surface area contributed by atoms with E-state index in [0.29, 0.717) is 5.56 Å². The number of halogens is 2. The van der Waals surface area contributed by atoms with Gasteiger partial charge in [0.1, 0.15) is 5.82 Å². The molecular weight excluding hydrogens is 269 g/mol. The standard InChI is InChI=1S/C13H11BrFN/c14-12-3-1-2-9(7-12)10-4-5-13(15)11(6-10)8-16/h1-7H,8,16H2. The van der Waals surface area contributed by atoms with Gasteiger partial charge in [-0.2, -0.15) is 0 Å². The highest BCUT2D eigenvalue weighted by Gasteiger charge is 2.03. The third-order valence-corrected chi connectivity index (χ3v) is 2.92. The van der Waals surface area contributed by atoms with Crippen molar-refractivity contribution < 1.29 is 4.39 Å². The summed E-state index contributed by atoms with van der Waals surface area (Å²) >= 11 is 3.41. The molecule has 2 rings (SSSR count). The maximum Gasteiger partial charge on any atom is 0.127 e. The topological polar surface area (TPSA) is 26.0 Å². The lowest BCUT2D eigenvalue weighted by atomic mass is 10.0. The number of hydrogen-bond acceptors (Lipinski definition) is 1. The van der Waals surface area contributed by atoms with Crippen molar-refractivity contribution >= 4 is 15.9 Å². The molecule has 16 heavy (non-hydrogen) atoms. The van der Waals surface area contributed by atoms with E-state index in [9.17, 15) is 4.39 Å². The Labute approximate surface area is 102 Å². The monoisotopic (exact) mass is 279 g/mol. The van der Waals surface area contributed by atoms with Crippen LogP contribution in [0, 0.1) is 5.82 Å². The van der Waals surface area contributed by atoms with E-state index >= 15 is 0 Å². The Morgan fingerprint density at radius 2 is 1.81 bits per heavy atom. The summed E-state index contributed by atoms with van der Waals surface area (Å²) in [5, 5.41) is 0. The summed E-state index contributed by atoms with van der Waals surface area (Å²) in [7, 11) is 0. The Hall–Kier alpha value is -1.19. The Morgan fingerprint density at radius 3 is 2.50 bits per heavy atom. The van der Waals surface area contributed by atoms with Gasteiger partial charge in [0.05, 0.1) is 0 Å². The summed E-state index contributed by atoms with van der Waals surface area (Å²) < 4.78 is 14.3. The third-order valence-electron chi connectivity index (χ3n) is 2.42. The zero-order valence-electron chi connectivity index (χ0n) is 8.58. The Morgan fingerprint density at radius 1 is 1.06 bits per heavy atom. The van der Waals surface area contributed by atoms with E-state index in [4.69, 9.17) is 5.73 Å². The van der Waals surface area contributed by atoms with Crippen LogP contribution < -0.4 is 5.73 Å². The van der Waals surface area contributed by atoms with Gasteiger partial charge in [0.25, 0.3) is 0 Å². The maximum atomic E-state index is 13.3. The average molecular weight is 280 g/mol. The van der Waals surface area contributed by atoms with Gasteiger partial charge in [-0.1, -0.05) is 34.1 Å². The molecule has 0 aliphatic heterocycles. The van der Waals surface area contributed by atoms with Crippen LogP contribution in [0.1, 0.15) is 5.56 Å². The molecule has 0 bridgehead atoms. The molecular formula is C13H11BrFN. The molecule has 2 N–H and O–H groups in total. The van der Waals surface area contributed by atoms with Crippen LogP contribution in [0.5, 0.6) is 0 Å². The molecule has 0 aliphatic carbocycles. The summed E-state index contributed by atoms with van der Waals surface area (Å²) in [6.45, 7) is 0.216. The number of rotatable bonds is 2. The van der Waals surface area contributed by atoms with Crippen LogP contribution in [-0.4, -0.2) is 0 Å². The van der Waals surface area contributed by atoms with Crippen LogP contribution >= 0.6 is 15.9 Å². The van der Waals surface area contributed by atoms with Gasteiger partial charge in [-0.15, -0.1) is 0 Å². The van der Waals surface area contributed by atoms with Crippen molar-refractivity contribution in [1.29, 1.82) is 0 Å². The second kappa shape index (κ2) is 4.76. The Bertz CT molecular complexity index is 511. The van der Waals surface area contributed by atoms with Gasteiger partial charge in [-0.3, -0.25) is 0 Å². The predicted molar refractivity (Wildman–Crippen MR) is 67.4 cm³/mol. The van der Waals surface area contributed by atoms with Gasteiger partial charge in [0, 0.05) is 16.6 Å². The average Bonchev–Trinajstić information content (AvgIpc) is 2.29. The van der Waals surface area contributed by atoms with Crippen LogP contribution in [0.3, 0.4) is 0 Å². The molecule has 82 valence electrons. The van der Waals surface area contributed by atoms with Crippen molar-refractivity contribution in [3.8, 4) is 11.1 Å². The first-order valence-corrected chi connectivity index (χ1v) is 5.74. The van der Waals surface area contributed by atoms with E-state index in [0.717, 1.165) is 15.6 Å². The van der Waals surface area contributed by atoms with Crippen molar-refractivity contribution in [3.05, 3.63) is 58.3 Å². The molecule has 1 nitrogen and oxygen atoms in total. The first-order valence-electron chi connectivity index (χ1n) is 4.95. The lowest BCUT2D eigenvalue weighted by molar-refractivity contribution is 0.611. The summed E-state index contributed by atoms with van der Waals surface area (Å²) in [4.78, 5) is 0. The van der Waals surface area contributed by atoms with Crippen LogP contribution in [0.2, 0.25) is 0 Å². The first-order chi connectivity index (χ1) is 7.70. The van der Waals surface area contributed by atoms with Crippen LogP contribution in [0.15, 0.2) is 46.9 Å². The zero-order chi connectivity index (χ0) is 11.5. The molecule has 2 aromatic rings. The lowest BCUT2D eigenvalue weighted by Gasteiger charge is -2.05. The molecule has 3 heteroatoms. The normalized spacial score (nSPS) is 10.4. The molecule has 0 atom stereocenters. The minimum absolute atomic E-state index is 0.216.